The monoisotopic (exact) mass is 320 g/mol. The van der Waals surface area contributed by atoms with Crippen LogP contribution in [0.1, 0.15) is 64.7 Å². The highest BCUT2D eigenvalue weighted by Gasteiger charge is 2.59. The van der Waals surface area contributed by atoms with Gasteiger partial charge in [0.25, 0.3) is 0 Å². The van der Waals surface area contributed by atoms with Crippen molar-refractivity contribution in [3.8, 4) is 0 Å². The Bertz CT molecular complexity index is 427. The fraction of sp³-hybridized carbons (Fsp3) is 0.750. The third-order valence-corrected chi connectivity index (χ3v) is 5.43. The molecule has 23 heavy (non-hydrogen) atoms. The first-order valence-electron chi connectivity index (χ1n) is 9.36. The lowest BCUT2D eigenvalue weighted by Crippen LogP contribution is -2.28. The van der Waals surface area contributed by atoms with Crippen LogP contribution in [0.3, 0.4) is 0 Å². The first-order chi connectivity index (χ1) is 11.1. The maximum Gasteiger partial charge on any atom is 0.303 e. The van der Waals surface area contributed by atoms with E-state index < -0.39 is 5.97 Å². The number of rotatable bonds is 12. The van der Waals surface area contributed by atoms with Gasteiger partial charge in [-0.15, -0.1) is 0 Å². The van der Waals surface area contributed by atoms with Crippen molar-refractivity contribution in [1.82, 2.24) is 0 Å². The summed E-state index contributed by atoms with van der Waals surface area (Å²) in [5.41, 5.74) is 0. The van der Waals surface area contributed by atoms with Crippen LogP contribution >= 0.6 is 0 Å². The summed E-state index contributed by atoms with van der Waals surface area (Å²) >= 11 is 0. The second-order valence-electron chi connectivity index (χ2n) is 7.25. The summed E-state index contributed by atoms with van der Waals surface area (Å²) in [4.78, 5) is 10.4. The second-order valence-corrected chi connectivity index (χ2v) is 7.25. The number of hydrogen-bond donors (Lipinski definition) is 2. The smallest absolute Gasteiger partial charge is 0.303 e. The molecule has 2 aliphatic rings. The largest absolute Gasteiger partial charge is 0.481 e. The van der Waals surface area contributed by atoms with Gasteiger partial charge in [0.2, 0.25) is 0 Å². The molecule has 0 heterocycles. The molecule has 130 valence electrons. The highest BCUT2D eigenvalue weighted by atomic mass is 16.4. The molecule has 2 rings (SSSR count). The Morgan fingerprint density at radius 1 is 1.22 bits per heavy atom. The predicted molar refractivity (Wildman–Crippen MR) is 93.1 cm³/mol. The number of carboxylic acid groups (broad SMARTS) is 1. The highest BCUT2D eigenvalue weighted by molar-refractivity contribution is 5.66. The first-order valence-corrected chi connectivity index (χ1v) is 9.36. The molecule has 0 unspecified atom stereocenters. The number of aliphatic hydroxyl groups is 1. The SMILES string of the molecule is CCCCC[C@H](O)/C=C/[C@@H]1[C@@H](C/C=C\CCCC(=O)O)[C@H]2C[C@@H]12. The molecule has 2 N–H and O–H groups in total. The summed E-state index contributed by atoms with van der Waals surface area (Å²) in [6.45, 7) is 2.18. The lowest BCUT2D eigenvalue weighted by atomic mass is 9.71. The number of carboxylic acids is 1. The minimum absolute atomic E-state index is 0.264. The summed E-state index contributed by atoms with van der Waals surface area (Å²) in [6, 6.07) is 0. The quantitative estimate of drug-likeness (QED) is 0.409. The van der Waals surface area contributed by atoms with Crippen molar-refractivity contribution < 1.29 is 15.0 Å². The lowest BCUT2D eigenvalue weighted by Gasteiger charge is -2.33. The zero-order chi connectivity index (χ0) is 16.7. The minimum Gasteiger partial charge on any atom is -0.481 e. The Labute approximate surface area is 140 Å². The van der Waals surface area contributed by atoms with Gasteiger partial charge in [-0.1, -0.05) is 50.5 Å². The number of fused-ring (bicyclic) bond motifs is 1. The standard InChI is InChI=1S/C20H32O3/c1-2-3-6-9-15(21)12-13-17-16(18-14-19(17)18)10-7-4-5-8-11-20(22)23/h4,7,12-13,15-19,21H,2-3,5-6,8-11,14H2,1H3,(H,22,23)/b7-4-,13-12+/t15-,16+,17+,18+,19-/m0/s1. The maximum absolute atomic E-state index is 10.4. The predicted octanol–water partition coefficient (Wildman–Crippen LogP) is 4.57. The van der Waals surface area contributed by atoms with E-state index in [-0.39, 0.29) is 12.5 Å². The van der Waals surface area contributed by atoms with Gasteiger partial charge in [-0.25, -0.2) is 0 Å². The number of aliphatic carboxylic acids is 1. The Morgan fingerprint density at radius 3 is 2.78 bits per heavy atom. The number of unbranched alkanes of at least 4 members (excludes halogenated alkanes) is 3. The molecule has 5 atom stereocenters. The zero-order valence-electron chi connectivity index (χ0n) is 14.4. The average molecular weight is 320 g/mol. The zero-order valence-corrected chi connectivity index (χ0v) is 14.4. The van der Waals surface area contributed by atoms with E-state index in [2.05, 4.69) is 25.2 Å². The molecule has 0 aromatic carbocycles. The molecule has 0 bridgehead atoms. The number of allylic oxidation sites excluding steroid dienone is 3. The van der Waals surface area contributed by atoms with Crippen molar-refractivity contribution in [3.63, 3.8) is 0 Å². The average Bonchev–Trinajstić information content (AvgIpc) is 3.21. The fourth-order valence-corrected chi connectivity index (χ4v) is 3.94. The van der Waals surface area contributed by atoms with Crippen molar-refractivity contribution in [2.24, 2.45) is 23.7 Å². The van der Waals surface area contributed by atoms with Gasteiger partial charge in [0.1, 0.15) is 0 Å². The fourth-order valence-electron chi connectivity index (χ4n) is 3.94. The Kier molecular flexibility index (Phi) is 7.35. The molecule has 0 spiro atoms. The molecule has 3 nitrogen and oxygen atoms in total. The molecule has 0 aromatic heterocycles. The van der Waals surface area contributed by atoms with Crippen molar-refractivity contribution in [2.75, 3.05) is 0 Å². The van der Waals surface area contributed by atoms with E-state index in [1.807, 2.05) is 6.08 Å². The number of aliphatic hydroxyl groups excluding tert-OH is 1. The van der Waals surface area contributed by atoms with Gasteiger partial charge in [-0.2, -0.15) is 0 Å². The molecule has 2 saturated carbocycles. The van der Waals surface area contributed by atoms with Crippen molar-refractivity contribution >= 4 is 5.97 Å². The third-order valence-electron chi connectivity index (χ3n) is 5.43. The Balaban J connectivity index is 1.64. The normalized spacial score (nSPS) is 30.3. The van der Waals surface area contributed by atoms with Gasteiger partial charge >= 0.3 is 5.97 Å². The van der Waals surface area contributed by atoms with Gasteiger partial charge in [-0.05, 0) is 55.8 Å². The van der Waals surface area contributed by atoms with E-state index in [4.69, 9.17) is 5.11 Å². The van der Waals surface area contributed by atoms with E-state index >= 15 is 0 Å². The molecule has 2 aliphatic carbocycles. The molecule has 0 aromatic rings. The van der Waals surface area contributed by atoms with Crippen LogP contribution in [-0.2, 0) is 4.79 Å². The van der Waals surface area contributed by atoms with Crippen LogP contribution in [0.25, 0.3) is 0 Å². The van der Waals surface area contributed by atoms with E-state index in [9.17, 15) is 9.90 Å². The number of hydrogen-bond acceptors (Lipinski definition) is 2. The van der Waals surface area contributed by atoms with Gasteiger partial charge in [0, 0.05) is 6.42 Å². The van der Waals surface area contributed by atoms with Crippen LogP contribution in [0, 0.1) is 23.7 Å². The van der Waals surface area contributed by atoms with Gasteiger partial charge in [-0.3, -0.25) is 4.79 Å². The third kappa shape index (κ3) is 5.80. The molecular weight excluding hydrogens is 288 g/mol. The molecule has 0 amide bonds. The van der Waals surface area contributed by atoms with Gasteiger partial charge < -0.3 is 10.2 Å². The molecule has 0 saturated heterocycles. The molecule has 0 aliphatic heterocycles. The lowest BCUT2D eigenvalue weighted by molar-refractivity contribution is -0.137. The van der Waals surface area contributed by atoms with Crippen LogP contribution in [0.4, 0.5) is 0 Å². The first kappa shape index (κ1) is 18.3. The summed E-state index contributed by atoms with van der Waals surface area (Å²) in [5, 5.41) is 18.6. The van der Waals surface area contributed by atoms with Crippen LogP contribution in [0.15, 0.2) is 24.3 Å². The summed E-state index contributed by atoms with van der Waals surface area (Å²) in [7, 11) is 0. The Morgan fingerprint density at radius 2 is 2.04 bits per heavy atom. The molecule has 0 radical (unpaired) electrons. The van der Waals surface area contributed by atoms with E-state index in [0.29, 0.717) is 5.92 Å². The van der Waals surface area contributed by atoms with Gasteiger partial charge in [0.05, 0.1) is 6.10 Å². The minimum atomic E-state index is -0.707. The maximum atomic E-state index is 10.4. The van der Waals surface area contributed by atoms with E-state index in [0.717, 1.165) is 49.9 Å². The van der Waals surface area contributed by atoms with E-state index in [1.165, 1.54) is 19.3 Å². The van der Waals surface area contributed by atoms with Crippen LogP contribution in [-0.4, -0.2) is 22.3 Å². The van der Waals surface area contributed by atoms with Crippen LogP contribution < -0.4 is 0 Å². The topological polar surface area (TPSA) is 57.5 Å². The molecule has 3 heteroatoms. The summed E-state index contributed by atoms with van der Waals surface area (Å²) < 4.78 is 0. The molecule has 2 fully saturated rings. The van der Waals surface area contributed by atoms with Crippen LogP contribution in [0.2, 0.25) is 0 Å². The summed E-state index contributed by atoms with van der Waals surface area (Å²) in [5.74, 6) is 2.48. The van der Waals surface area contributed by atoms with Crippen molar-refractivity contribution in [3.05, 3.63) is 24.3 Å². The van der Waals surface area contributed by atoms with Crippen LogP contribution in [0.5, 0.6) is 0 Å². The highest BCUT2D eigenvalue weighted by Crippen LogP contribution is 2.65. The van der Waals surface area contributed by atoms with Crippen molar-refractivity contribution in [1.29, 1.82) is 0 Å². The van der Waals surface area contributed by atoms with E-state index in [1.54, 1.807) is 0 Å². The summed E-state index contributed by atoms with van der Waals surface area (Å²) in [6.07, 6.45) is 17.1. The Hall–Kier alpha value is -1.09. The second kappa shape index (κ2) is 9.27. The van der Waals surface area contributed by atoms with Gasteiger partial charge in [0.15, 0.2) is 0 Å². The number of carbonyl (C=O) groups is 1. The van der Waals surface area contributed by atoms with Crippen molar-refractivity contribution in [2.45, 2.75) is 70.8 Å². The molecular formula is C20H32O3.